The van der Waals surface area contributed by atoms with Crippen molar-refractivity contribution in [3.05, 3.63) is 0 Å². The van der Waals surface area contributed by atoms with E-state index in [0.29, 0.717) is 0 Å². The molecule has 0 aliphatic carbocycles. The summed E-state index contributed by atoms with van der Waals surface area (Å²) in [6, 6.07) is 0.754. The number of unbranched alkanes of at least 4 members (excludes halogenated alkanes) is 5. The summed E-state index contributed by atoms with van der Waals surface area (Å²) in [6.45, 7) is 7.72. The Kier molecular flexibility index (Phi) is 11.4. The number of nitrogens with one attached hydrogen (secondary N) is 1. The minimum absolute atomic E-state index is 0.754. The fraction of sp³-hybridized carbons (Fsp3) is 1.00. The molecule has 1 unspecified atom stereocenters. The first-order valence-corrected chi connectivity index (χ1v) is 9.18. The molecule has 120 valence electrons. The lowest BCUT2D eigenvalue weighted by atomic mass is 9.90. The summed E-state index contributed by atoms with van der Waals surface area (Å²) >= 11 is 0. The van der Waals surface area contributed by atoms with E-state index in [1.54, 1.807) is 0 Å². The van der Waals surface area contributed by atoms with Gasteiger partial charge in [0.2, 0.25) is 0 Å². The van der Waals surface area contributed by atoms with E-state index in [-0.39, 0.29) is 0 Å². The molecule has 0 aromatic rings. The Morgan fingerprint density at radius 2 is 1.65 bits per heavy atom. The van der Waals surface area contributed by atoms with Gasteiger partial charge in [-0.2, -0.15) is 0 Å². The van der Waals surface area contributed by atoms with Crippen molar-refractivity contribution in [2.24, 2.45) is 5.92 Å². The van der Waals surface area contributed by atoms with E-state index in [9.17, 15) is 0 Å². The lowest BCUT2D eigenvalue weighted by Crippen LogP contribution is -2.33. The van der Waals surface area contributed by atoms with Crippen LogP contribution in [0.4, 0.5) is 0 Å². The lowest BCUT2D eigenvalue weighted by molar-refractivity contribution is 0.0601. The van der Waals surface area contributed by atoms with Crippen LogP contribution in [0.15, 0.2) is 0 Å². The fourth-order valence-corrected chi connectivity index (χ4v) is 3.21. The maximum Gasteiger partial charge on any atom is 0.0468 e. The minimum atomic E-state index is 0.754. The van der Waals surface area contributed by atoms with Gasteiger partial charge < -0.3 is 10.1 Å². The van der Waals surface area contributed by atoms with Crippen LogP contribution in [0, 0.1) is 5.92 Å². The van der Waals surface area contributed by atoms with Crippen LogP contribution >= 0.6 is 0 Å². The van der Waals surface area contributed by atoms with Crippen LogP contribution in [0.1, 0.15) is 84.5 Å². The lowest BCUT2D eigenvalue weighted by Gasteiger charge is -2.27. The molecule has 0 amide bonds. The maximum atomic E-state index is 5.48. The number of hydrogen-bond acceptors (Lipinski definition) is 2. The first-order chi connectivity index (χ1) is 9.86. The molecule has 1 fully saturated rings. The van der Waals surface area contributed by atoms with Crippen molar-refractivity contribution in [1.82, 2.24) is 5.32 Å². The molecule has 0 bridgehead atoms. The van der Waals surface area contributed by atoms with E-state index < -0.39 is 0 Å². The van der Waals surface area contributed by atoms with Crippen molar-refractivity contribution in [1.29, 1.82) is 0 Å². The standard InChI is InChI=1S/C18H37NO/c1-3-5-6-7-8-9-10-18(19-13-4-2)16-17-11-14-20-15-12-17/h17-19H,3-16H2,1-2H3. The monoisotopic (exact) mass is 283 g/mol. The highest BCUT2D eigenvalue weighted by atomic mass is 16.5. The minimum Gasteiger partial charge on any atom is -0.381 e. The van der Waals surface area contributed by atoms with Crippen LogP contribution in [-0.4, -0.2) is 25.8 Å². The second kappa shape index (κ2) is 12.6. The highest BCUT2D eigenvalue weighted by molar-refractivity contribution is 4.74. The van der Waals surface area contributed by atoms with Gasteiger partial charge in [0.1, 0.15) is 0 Å². The van der Waals surface area contributed by atoms with Gasteiger partial charge in [-0.15, -0.1) is 0 Å². The maximum absolute atomic E-state index is 5.48. The Balaban J connectivity index is 2.13. The zero-order valence-electron chi connectivity index (χ0n) is 14.0. The van der Waals surface area contributed by atoms with Crippen molar-refractivity contribution in [2.45, 2.75) is 90.5 Å². The van der Waals surface area contributed by atoms with Crippen LogP contribution in [-0.2, 0) is 4.74 Å². The summed E-state index contributed by atoms with van der Waals surface area (Å²) < 4.78 is 5.48. The van der Waals surface area contributed by atoms with Crippen LogP contribution in [0.2, 0.25) is 0 Å². The van der Waals surface area contributed by atoms with E-state index in [4.69, 9.17) is 4.74 Å². The van der Waals surface area contributed by atoms with E-state index in [1.165, 1.54) is 77.2 Å². The van der Waals surface area contributed by atoms with Crippen molar-refractivity contribution >= 4 is 0 Å². The molecule has 1 heterocycles. The molecular weight excluding hydrogens is 246 g/mol. The van der Waals surface area contributed by atoms with Crippen molar-refractivity contribution in [2.75, 3.05) is 19.8 Å². The smallest absolute Gasteiger partial charge is 0.0468 e. The SMILES string of the molecule is CCCCCCCCC(CC1CCOCC1)NCCC. The molecule has 1 aliphatic rings. The third-order valence-electron chi connectivity index (χ3n) is 4.55. The third-order valence-corrected chi connectivity index (χ3v) is 4.55. The molecule has 20 heavy (non-hydrogen) atoms. The molecule has 1 aliphatic heterocycles. The Hall–Kier alpha value is -0.0800. The van der Waals surface area contributed by atoms with Gasteiger partial charge in [0.05, 0.1) is 0 Å². The molecule has 0 aromatic carbocycles. The predicted molar refractivity (Wildman–Crippen MR) is 88.2 cm³/mol. The van der Waals surface area contributed by atoms with Crippen molar-refractivity contribution in [3.8, 4) is 0 Å². The van der Waals surface area contributed by atoms with Gasteiger partial charge in [0, 0.05) is 19.3 Å². The summed E-state index contributed by atoms with van der Waals surface area (Å²) in [5.41, 5.74) is 0. The summed E-state index contributed by atoms with van der Waals surface area (Å²) in [5.74, 6) is 0.901. The highest BCUT2D eigenvalue weighted by Crippen LogP contribution is 2.22. The van der Waals surface area contributed by atoms with Gasteiger partial charge in [-0.1, -0.05) is 52.4 Å². The Morgan fingerprint density at radius 3 is 2.35 bits per heavy atom. The van der Waals surface area contributed by atoms with E-state index in [2.05, 4.69) is 19.2 Å². The van der Waals surface area contributed by atoms with Gasteiger partial charge in [-0.25, -0.2) is 0 Å². The van der Waals surface area contributed by atoms with E-state index in [0.717, 1.165) is 25.2 Å². The van der Waals surface area contributed by atoms with E-state index >= 15 is 0 Å². The number of rotatable bonds is 12. The Labute approximate surface area is 127 Å². The second-order valence-corrected chi connectivity index (χ2v) is 6.50. The van der Waals surface area contributed by atoms with Crippen molar-refractivity contribution < 1.29 is 4.74 Å². The third kappa shape index (κ3) is 8.97. The molecule has 1 rings (SSSR count). The Morgan fingerprint density at radius 1 is 0.950 bits per heavy atom. The average Bonchev–Trinajstić information content (AvgIpc) is 2.49. The number of hydrogen-bond donors (Lipinski definition) is 1. The summed E-state index contributed by atoms with van der Waals surface area (Å²) in [6.07, 6.45) is 15.0. The first-order valence-electron chi connectivity index (χ1n) is 9.18. The summed E-state index contributed by atoms with van der Waals surface area (Å²) in [5, 5.41) is 3.78. The van der Waals surface area contributed by atoms with Crippen LogP contribution < -0.4 is 5.32 Å². The molecule has 0 spiro atoms. The summed E-state index contributed by atoms with van der Waals surface area (Å²) in [4.78, 5) is 0. The second-order valence-electron chi connectivity index (χ2n) is 6.50. The fourth-order valence-electron chi connectivity index (χ4n) is 3.21. The molecule has 0 saturated carbocycles. The highest BCUT2D eigenvalue weighted by Gasteiger charge is 2.18. The van der Waals surface area contributed by atoms with Gasteiger partial charge in [-0.05, 0) is 44.6 Å². The quantitative estimate of drug-likeness (QED) is 0.513. The zero-order chi connectivity index (χ0) is 14.5. The Bertz CT molecular complexity index is 202. The van der Waals surface area contributed by atoms with Gasteiger partial charge in [-0.3, -0.25) is 0 Å². The average molecular weight is 284 g/mol. The van der Waals surface area contributed by atoms with Gasteiger partial charge in [0.15, 0.2) is 0 Å². The predicted octanol–water partition coefficient (Wildman–Crippen LogP) is 4.92. The van der Waals surface area contributed by atoms with Crippen LogP contribution in [0.3, 0.4) is 0 Å². The topological polar surface area (TPSA) is 21.3 Å². The molecule has 1 saturated heterocycles. The van der Waals surface area contributed by atoms with Gasteiger partial charge >= 0.3 is 0 Å². The molecule has 0 radical (unpaired) electrons. The number of ether oxygens (including phenoxy) is 1. The molecule has 1 atom stereocenters. The van der Waals surface area contributed by atoms with Crippen LogP contribution in [0.25, 0.3) is 0 Å². The molecule has 0 aromatic heterocycles. The van der Waals surface area contributed by atoms with Crippen LogP contribution in [0.5, 0.6) is 0 Å². The molecule has 2 nitrogen and oxygen atoms in total. The molecule has 1 N–H and O–H groups in total. The normalized spacial score (nSPS) is 18.3. The first kappa shape index (κ1) is 18.0. The largest absolute Gasteiger partial charge is 0.381 e. The van der Waals surface area contributed by atoms with Crippen molar-refractivity contribution in [3.63, 3.8) is 0 Å². The van der Waals surface area contributed by atoms with Gasteiger partial charge in [0.25, 0.3) is 0 Å². The molecule has 2 heteroatoms. The zero-order valence-corrected chi connectivity index (χ0v) is 14.0. The summed E-state index contributed by atoms with van der Waals surface area (Å²) in [7, 11) is 0. The molecular formula is C18H37NO. The van der Waals surface area contributed by atoms with E-state index in [1.807, 2.05) is 0 Å².